The number of thiazole rings is 1. The summed E-state index contributed by atoms with van der Waals surface area (Å²) < 4.78 is 7.89. The lowest BCUT2D eigenvalue weighted by Crippen LogP contribution is -1.94. The average Bonchev–Trinajstić information content (AvgIpc) is 2.80. The smallest absolute Gasteiger partial charge is 0.140 e. The van der Waals surface area contributed by atoms with Crippen molar-refractivity contribution in [3.05, 3.63) is 51.9 Å². The van der Waals surface area contributed by atoms with Gasteiger partial charge in [0.1, 0.15) is 17.4 Å². The Morgan fingerprint density at radius 2 is 1.95 bits per heavy atom. The first-order valence-corrected chi connectivity index (χ1v) is 7.35. The van der Waals surface area contributed by atoms with Crippen LogP contribution in [0.15, 0.2) is 46.9 Å². The highest BCUT2D eigenvalue weighted by atomic mass is 79.9. The van der Waals surface area contributed by atoms with Crippen molar-refractivity contribution in [2.75, 3.05) is 5.73 Å². The maximum atomic E-state index is 5.69. The van der Waals surface area contributed by atoms with E-state index in [1.54, 1.807) is 11.3 Å². The highest BCUT2D eigenvalue weighted by Gasteiger charge is 2.05. The molecule has 0 aliphatic rings. The number of ether oxygens (including phenoxy) is 1. The van der Waals surface area contributed by atoms with Crippen molar-refractivity contribution in [3.63, 3.8) is 0 Å². The number of rotatable bonds is 3. The zero-order chi connectivity index (χ0) is 13.2. The topological polar surface area (TPSA) is 48.1 Å². The van der Waals surface area contributed by atoms with Crippen LogP contribution in [0.1, 0.15) is 5.01 Å². The monoisotopic (exact) mass is 334 g/mol. The zero-order valence-electron chi connectivity index (χ0n) is 9.97. The van der Waals surface area contributed by atoms with Crippen LogP contribution < -0.4 is 10.5 Å². The molecular weight excluding hydrogens is 324 g/mol. The number of aromatic nitrogens is 1. The van der Waals surface area contributed by atoms with Crippen molar-refractivity contribution in [3.8, 4) is 5.75 Å². The number of nitrogen functional groups attached to an aromatic ring is 1. The minimum atomic E-state index is 0.473. The van der Waals surface area contributed by atoms with Gasteiger partial charge >= 0.3 is 0 Å². The fraction of sp³-hybridized carbons (Fsp3) is 0.0714. The van der Waals surface area contributed by atoms with Crippen LogP contribution in [-0.4, -0.2) is 4.98 Å². The Hall–Kier alpha value is -1.59. The number of fused-ring (bicyclic) bond motifs is 1. The predicted octanol–water partition coefficient (Wildman–Crippen LogP) is 4.22. The lowest BCUT2D eigenvalue weighted by Gasteiger charge is -2.03. The molecule has 1 aromatic heterocycles. The summed E-state index contributed by atoms with van der Waals surface area (Å²) in [7, 11) is 0. The van der Waals surface area contributed by atoms with Gasteiger partial charge in [0.05, 0.1) is 10.2 Å². The molecule has 0 atom stereocenters. The molecule has 0 amide bonds. The van der Waals surface area contributed by atoms with Crippen molar-refractivity contribution >= 4 is 43.2 Å². The Morgan fingerprint density at radius 1 is 1.16 bits per heavy atom. The number of nitrogens with two attached hydrogens (primary N) is 1. The summed E-state index contributed by atoms with van der Waals surface area (Å²) in [5.41, 5.74) is 7.36. The van der Waals surface area contributed by atoms with Crippen LogP contribution >= 0.6 is 27.3 Å². The van der Waals surface area contributed by atoms with E-state index in [0.29, 0.717) is 6.61 Å². The van der Waals surface area contributed by atoms with Gasteiger partial charge in [-0.2, -0.15) is 0 Å². The Labute approximate surface area is 123 Å². The number of anilines is 1. The largest absolute Gasteiger partial charge is 0.486 e. The van der Waals surface area contributed by atoms with E-state index in [1.807, 2.05) is 36.4 Å². The van der Waals surface area contributed by atoms with Gasteiger partial charge in [-0.3, -0.25) is 0 Å². The number of hydrogen-bond acceptors (Lipinski definition) is 4. The molecule has 3 rings (SSSR count). The highest BCUT2D eigenvalue weighted by Crippen LogP contribution is 2.26. The Bertz CT molecular complexity index is 709. The summed E-state index contributed by atoms with van der Waals surface area (Å²) in [6.45, 7) is 0.473. The van der Waals surface area contributed by atoms with E-state index >= 15 is 0 Å². The van der Waals surface area contributed by atoms with Crippen LogP contribution in [0, 0.1) is 0 Å². The van der Waals surface area contributed by atoms with Crippen LogP contribution in [-0.2, 0) is 6.61 Å². The fourth-order valence-electron chi connectivity index (χ4n) is 1.72. The molecule has 2 N–H and O–H groups in total. The third-order valence-corrected chi connectivity index (χ3v) is 4.14. The van der Waals surface area contributed by atoms with Crippen LogP contribution in [0.2, 0.25) is 0 Å². The molecule has 0 saturated heterocycles. The van der Waals surface area contributed by atoms with Crippen molar-refractivity contribution in [1.29, 1.82) is 0 Å². The summed E-state index contributed by atoms with van der Waals surface area (Å²) >= 11 is 5.09. The van der Waals surface area contributed by atoms with E-state index in [4.69, 9.17) is 10.5 Å². The number of nitrogens with zero attached hydrogens (tertiary/aromatic N) is 1. The average molecular weight is 335 g/mol. The molecule has 5 heteroatoms. The van der Waals surface area contributed by atoms with Gasteiger partial charge in [-0.05, 0) is 42.5 Å². The molecule has 0 bridgehead atoms. The molecular formula is C14H11BrN2OS. The van der Waals surface area contributed by atoms with Crippen molar-refractivity contribution < 1.29 is 4.74 Å². The molecule has 0 fully saturated rings. The Kier molecular flexibility index (Phi) is 3.40. The van der Waals surface area contributed by atoms with E-state index in [9.17, 15) is 0 Å². The minimum absolute atomic E-state index is 0.473. The van der Waals surface area contributed by atoms with Gasteiger partial charge in [0.15, 0.2) is 0 Å². The number of halogens is 1. The van der Waals surface area contributed by atoms with E-state index < -0.39 is 0 Å². The second-order valence-electron chi connectivity index (χ2n) is 4.08. The van der Waals surface area contributed by atoms with Gasteiger partial charge in [-0.15, -0.1) is 11.3 Å². The van der Waals surface area contributed by atoms with Crippen LogP contribution in [0.25, 0.3) is 10.2 Å². The molecule has 0 spiro atoms. The molecule has 0 saturated carbocycles. The van der Waals surface area contributed by atoms with Crippen molar-refractivity contribution in [2.45, 2.75) is 6.61 Å². The molecule has 3 aromatic rings. The maximum absolute atomic E-state index is 5.69. The summed E-state index contributed by atoms with van der Waals surface area (Å²) in [5.74, 6) is 0.801. The van der Waals surface area contributed by atoms with E-state index in [1.165, 1.54) is 4.70 Å². The van der Waals surface area contributed by atoms with Crippen molar-refractivity contribution in [2.24, 2.45) is 0 Å². The van der Waals surface area contributed by atoms with Gasteiger partial charge < -0.3 is 10.5 Å². The predicted molar refractivity (Wildman–Crippen MR) is 82.5 cm³/mol. The fourth-order valence-corrected chi connectivity index (χ4v) is 2.93. The molecule has 0 aliphatic heterocycles. The number of hydrogen-bond donors (Lipinski definition) is 1. The first-order chi connectivity index (χ1) is 9.20. The second-order valence-corrected chi connectivity index (χ2v) is 6.11. The van der Waals surface area contributed by atoms with E-state index in [0.717, 1.165) is 26.4 Å². The third-order valence-electron chi connectivity index (χ3n) is 2.64. The van der Waals surface area contributed by atoms with Gasteiger partial charge in [-0.25, -0.2) is 4.98 Å². The normalized spacial score (nSPS) is 10.8. The van der Waals surface area contributed by atoms with Gasteiger partial charge in [0, 0.05) is 10.2 Å². The first-order valence-electron chi connectivity index (χ1n) is 5.74. The van der Waals surface area contributed by atoms with Crippen molar-refractivity contribution in [1.82, 2.24) is 4.98 Å². The van der Waals surface area contributed by atoms with Crippen LogP contribution in [0.3, 0.4) is 0 Å². The highest BCUT2D eigenvalue weighted by molar-refractivity contribution is 9.10. The molecule has 3 nitrogen and oxygen atoms in total. The van der Waals surface area contributed by atoms with Crippen LogP contribution in [0.5, 0.6) is 5.75 Å². The minimum Gasteiger partial charge on any atom is -0.486 e. The standard InChI is InChI=1S/C14H11BrN2OS/c15-9-1-6-13-12(7-9)17-14(19-13)8-18-11-4-2-10(16)3-5-11/h1-7H,8,16H2. The summed E-state index contributed by atoms with van der Waals surface area (Å²) in [5, 5.41) is 0.963. The van der Waals surface area contributed by atoms with Gasteiger partial charge in [-0.1, -0.05) is 15.9 Å². The summed E-state index contributed by atoms with van der Waals surface area (Å²) in [6.07, 6.45) is 0. The molecule has 0 unspecified atom stereocenters. The third kappa shape index (κ3) is 2.88. The van der Waals surface area contributed by atoms with Gasteiger partial charge in [0.25, 0.3) is 0 Å². The van der Waals surface area contributed by atoms with Crippen LogP contribution in [0.4, 0.5) is 5.69 Å². The Balaban J connectivity index is 1.76. The number of benzene rings is 2. The van der Waals surface area contributed by atoms with E-state index in [-0.39, 0.29) is 0 Å². The van der Waals surface area contributed by atoms with E-state index in [2.05, 4.69) is 27.0 Å². The summed E-state index contributed by atoms with van der Waals surface area (Å²) in [6, 6.07) is 13.5. The second kappa shape index (κ2) is 5.19. The molecule has 96 valence electrons. The molecule has 0 radical (unpaired) electrons. The SMILES string of the molecule is Nc1ccc(OCc2nc3cc(Br)ccc3s2)cc1. The summed E-state index contributed by atoms with van der Waals surface area (Å²) in [4.78, 5) is 4.54. The lowest BCUT2D eigenvalue weighted by molar-refractivity contribution is 0.306. The molecule has 1 heterocycles. The quantitative estimate of drug-likeness (QED) is 0.729. The van der Waals surface area contributed by atoms with Gasteiger partial charge in [0.2, 0.25) is 0 Å². The zero-order valence-corrected chi connectivity index (χ0v) is 12.4. The lowest BCUT2D eigenvalue weighted by atomic mass is 10.3. The molecule has 2 aromatic carbocycles. The Morgan fingerprint density at radius 3 is 2.74 bits per heavy atom. The first kappa shape index (κ1) is 12.4. The molecule has 0 aliphatic carbocycles. The maximum Gasteiger partial charge on any atom is 0.140 e. The molecule has 19 heavy (non-hydrogen) atoms.